The predicted octanol–water partition coefficient (Wildman–Crippen LogP) is 4.76. The molecular formula is C26H19N5O3. The fourth-order valence-corrected chi connectivity index (χ4v) is 3.89. The minimum atomic E-state index is -0.583. The first-order valence-electron chi connectivity index (χ1n) is 10.5. The Kier molecular flexibility index (Phi) is 5.55. The standard InChI is InChI=1S/C26H19N5O3/c32-15-18-13-19(30-28-14-16-5-7-17(8-6-16)26(33)31-34)9-10-20(18)24-25-22(11-12-27-24)21-3-1-2-4-23(21)29-25/h1-15,29-30,34H,(H,31,33). The third kappa shape index (κ3) is 3.89. The van der Waals surface area contributed by atoms with Crippen molar-refractivity contribution < 1.29 is 14.8 Å². The van der Waals surface area contributed by atoms with Crippen molar-refractivity contribution in [2.24, 2.45) is 5.10 Å². The molecule has 2 aromatic heterocycles. The highest BCUT2D eigenvalue weighted by Gasteiger charge is 2.14. The molecule has 166 valence electrons. The number of aromatic amines is 1. The molecule has 5 aromatic rings. The van der Waals surface area contributed by atoms with Gasteiger partial charge in [-0.25, -0.2) is 5.48 Å². The number of para-hydroxylation sites is 1. The molecule has 8 heteroatoms. The summed E-state index contributed by atoms with van der Waals surface area (Å²) >= 11 is 0. The Morgan fingerprint density at radius 3 is 2.62 bits per heavy atom. The lowest BCUT2D eigenvalue weighted by Gasteiger charge is -2.08. The van der Waals surface area contributed by atoms with Gasteiger partial charge in [0.2, 0.25) is 0 Å². The lowest BCUT2D eigenvalue weighted by atomic mass is 10.0. The first kappa shape index (κ1) is 21.0. The van der Waals surface area contributed by atoms with Crippen LogP contribution in [0.1, 0.15) is 26.3 Å². The maximum absolute atomic E-state index is 11.9. The number of nitrogens with one attached hydrogen (secondary N) is 3. The fraction of sp³-hybridized carbons (Fsp3) is 0. The number of hydrogen-bond acceptors (Lipinski definition) is 6. The molecule has 3 aromatic carbocycles. The Morgan fingerprint density at radius 2 is 1.82 bits per heavy atom. The number of anilines is 1. The Labute approximate surface area is 193 Å². The summed E-state index contributed by atoms with van der Waals surface area (Å²) in [6.07, 6.45) is 4.14. The molecule has 8 nitrogen and oxygen atoms in total. The van der Waals surface area contributed by atoms with Gasteiger partial charge in [-0.3, -0.25) is 25.2 Å². The molecule has 1 amide bonds. The smallest absolute Gasteiger partial charge is 0.274 e. The maximum Gasteiger partial charge on any atom is 0.274 e. The zero-order chi connectivity index (χ0) is 23.5. The number of amides is 1. The van der Waals surface area contributed by atoms with E-state index in [-0.39, 0.29) is 0 Å². The molecule has 0 aliphatic carbocycles. The van der Waals surface area contributed by atoms with Gasteiger partial charge in [0, 0.05) is 39.2 Å². The summed E-state index contributed by atoms with van der Waals surface area (Å²) in [7, 11) is 0. The van der Waals surface area contributed by atoms with E-state index in [0.29, 0.717) is 22.5 Å². The van der Waals surface area contributed by atoms with Crippen molar-refractivity contribution in [2.45, 2.75) is 0 Å². The lowest BCUT2D eigenvalue weighted by Crippen LogP contribution is -2.18. The summed E-state index contributed by atoms with van der Waals surface area (Å²) < 4.78 is 0. The van der Waals surface area contributed by atoms with E-state index in [4.69, 9.17) is 5.21 Å². The number of aldehydes is 1. The number of fused-ring (bicyclic) bond motifs is 3. The second-order valence-corrected chi connectivity index (χ2v) is 7.61. The minimum Gasteiger partial charge on any atom is -0.353 e. The van der Waals surface area contributed by atoms with Crippen LogP contribution in [0.15, 0.2) is 84.1 Å². The zero-order valence-electron chi connectivity index (χ0n) is 17.8. The van der Waals surface area contributed by atoms with Gasteiger partial charge < -0.3 is 4.98 Å². The lowest BCUT2D eigenvalue weighted by molar-refractivity contribution is 0.0706. The van der Waals surface area contributed by atoms with E-state index >= 15 is 0 Å². The summed E-state index contributed by atoms with van der Waals surface area (Å²) in [6.45, 7) is 0. The molecule has 0 saturated carbocycles. The SMILES string of the molecule is O=Cc1cc(NN=Cc2ccc(C(=O)NO)cc2)ccc1-c1nccc2c1[nH]c1ccccc12. The molecular weight excluding hydrogens is 430 g/mol. The molecule has 2 heterocycles. The summed E-state index contributed by atoms with van der Waals surface area (Å²) in [5, 5.41) is 15.0. The number of hydroxylamine groups is 1. The molecule has 0 unspecified atom stereocenters. The number of carbonyl (C=O) groups excluding carboxylic acids is 2. The third-order valence-electron chi connectivity index (χ3n) is 5.54. The fourth-order valence-electron chi connectivity index (χ4n) is 3.89. The minimum absolute atomic E-state index is 0.331. The highest BCUT2D eigenvalue weighted by atomic mass is 16.5. The van der Waals surface area contributed by atoms with Gasteiger partial charge in [0.15, 0.2) is 6.29 Å². The van der Waals surface area contributed by atoms with Crippen LogP contribution in [-0.2, 0) is 0 Å². The van der Waals surface area contributed by atoms with Gasteiger partial charge in [-0.05, 0) is 48.0 Å². The van der Waals surface area contributed by atoms with Crippen LogP contribution in [0.5, 0.6) is 0 Å². The number of aromatic nitrogens is 2. The molecule has 0 saturated heterocycles. The van der Waals surface area contributed by atoms with Crippen LogP contribution in [0, 0.1) is 0 Å². The number of pyridine rings is 1. The summed E-state index contributed by atoms with van der Waals surface area (Å²) in [4.78, 5) is 31.3. The average molecular weight is 449 g/mol. The molecule has 0 aliphatic heterocycles. The van der Waals surface area contributed by atoms with E-state index in [2.05, 4.69) is 26.6 Å². The van der Waals surface area contributed by atoms with Crippen molar-refractivity contribution in [1.82, 2.24) is 15.4 Å². The van der Waals surface area contributed by atoms with Crippen molar-refractivity contribution in [1.29, 1.82) is 0 Å². The van der Waals surface area contributed by atoms with Crippen LogP contribution in [0.4, 0.5) is 5.69 Å². The highest BCUT2D eigenvalue weighted by Crippen LogP contribution is 2.33. The van der Waals surface area contributed by atoms with Gasteiger partial charge >= 0.3 is 0 Å². The number of benzene rings is 3. The second kappa shape index (κ2) is 8.97. The average Bonchev–Trinajstić information content (AvgIpc) is 3.27. The van der Waals surface area contributed by atoms with E-state index in [9.17, 15) is 9.59 Å². The first-order valence-corrected chi connectivity index (χ1v) is 10.5. The number of H-pyrrole nitrogens is 1. The first-order chi connectivity index (χ1) is 16.7. The Hall–Kier alpha value is -4.82. The summed E-state index contributed by atoms with van der Waals surface area (Å²) in [5.74, 6) is -0.583. The van der Waals surface area contributed by atoms with E-state index in [1.165, 1.54) is 0 Å². The van der Waals surface area contributed by atoms with E-state index in [0.717, 1.165) is 39.2 Å². The Bertz CT molecular complexity index is 1550. The molecule has 34 heavy (non-hydrogen) atoms. The van der Waals surface area contributed by atoms with Gasteiger partial charge in [0.25, 0.3) is 5.91 Å². The van der Waals surface area contributed by atoms with Crippen LogP contribution in [0.25, 0.3) is 33.1 Å². The van der Waals surface area contributed by atoms with Crippen LogP contribution in [-0.4, -0.2) is 33.6 Å². The molecule has 0 atom stereocenters. The number of carbonyl (C=O) groups is 2. The van der Waals surface area contributed by atoms with Crippen LogP contribution in [0.3, 0.4) is 0 Å². The summed E-state index contributed by atoms with van der Waals surface area (Å²) in [6, 6.07) is 21.9. The topological polar surface area (TPSA) is 119 Å². The normalized spacial score (nSPS) is 11.2. The summed E-state index contributed by atoms with van der Waals surface area (Å²) in [5.41, 5.74) is 10.0. The molecule has 0 fully saturated rings. The Balaban J connectivity index is 1.41. The van der Waals surface area contributed by atoms with Crippen LogP contribution >= 0.6 is 0 Å². The zero-order valence-corrected chi connectivity index (χ0v) is 17.8. The number of nitrogens with zero attached hydrogens (tertiary/aromatic N) is 2. The third-order valence-corrected chi connectivity index (χ3v) is 5.54. The monoisotopic (exact) mass is 449 g/mol. The molecule has 5 rings (SSSR count). The van der Waals surface area contributed by atoms with E-state index in [1.807, 2.05) is 36.4 Å². The van der Waals surface area contributed by atoms with Gasteiger partial charge in [-0.15, -0.1) is 0 Å². The predicted molar refractivity (Wildman–Crippen MR) is 131 cm³/mol. The largest absolute Gasteiger partial charge is 0.353 e. The molecule has 0 radical (unpaired) electrons. The molecule has 0 bridgehead atoms. The quantitative estimate of drug-likeness (QED) is 0.129. The van der Waals surface area contributed by atoms with Crippen LogP contribution in [0.2, 0.25) is 0 Å². The highest BCUT2D eigenvalue weighted by molar-refractivity contribution is 6.11. The number of hydrazone groups is 1. The van der Waals surface area contributed by atoms with Crippen molar-refractivity contribution >= 4 is 45.9 Å². The van der Waals surface area contributed by atoms with Crippen LogP contribution < -0.4 is 10.9 Å². The molecule has 4 N–H and O–H groups in total. The Morgan fingerprint density at radius 1 is 1.00 bits per heavy atom. The van der Waals surface area contributed by atoms with Gasteiger partial charge in [0.1, 0.15) is 0 Å². The molecule has 0 spiro atoms. The second-order valence-electron chi connectivity index (χ2n) is 7.61. The van der Waals surface area contributed by atoms with E-state index < -0.39 is 5.91 Å². The molecule has 0 aliphatic rings. The van der Waals surface area contributed by atoms with Gasteiger partial charge in [-0.1, -0.05) is 30.3 Å². The number of hydrogen-bond donors (Lipinski definition) is 4. The number of rotatable bonds is 6. The van der Waals surface area contributed by atoms with Crippen molar-refractivity contribution in [3.8, 4) is 11.3 Å². The maximum atomic E-state index is 11.9. The van der Waals surface area contributed by atoms with Gasteiger partial charge in [-0.2, -0.15) is 5.10 Å². The van der Waals surface area contributed by atoms with Crippen molar-refractivity contribution in [3.05, 3.63) is 95.7 Å². The van der Waals surface area contributed by atoms with Crippen molar-refractivity contribution in [2.75, 3.05) is 5.43 Å². The van der Waals surface area contributed by atoms with E-state index in [1.54, 1.807) is 48.2 Å². The van der Waals surface area contributed by atoms with Gasteiger partial charge in [0.05, 0.1) is 23.1 Å². The van der Waals surface area contributed by atoms with Crippen molar-refractivity contribution in [3.63, 3.8) is 0 Å².